The summed E-state index contributed by atoms with van der Waals surface area (Å²) in [5.74, 6) is -0.745. The minimum absolute atomic E-state index is 0.116. The molecule has 1 amide bonds. The van der Waals surface area contributed by atoms with E-state index < -0.39 is 5.97 Å². The van der Waals surface area contributed by atoms with Gasteiger partial charge in [0, 0.05) is 17.7 Å². The minimum Gasteiger partial charge on any atom is -0.465 e. The Labute approximate surface area is 102 Å². The van der Waals surface area contributed by atoms with Gasteiger partial charge in [-0.15, -0.1) is 0 Å². The number of aromatic nitrogens is 1. The molecule has 0 saturated carbocycles. The van der Waals surface area contributed by atoms with E-state index >= 15 is 0 Å². The summed E-state index contributed by atoms with van der Waals surface area (Å²) in [5, 5.41) is 2.48. The number of carbonyl (C=O) groups is 2. The summed E-state index contributed by atoms with van der Waals surface area (Å²) in [5.41, 5.74) is 0.483. The Kier molecular flexibility index (Phi) is 4.54. The largest absolute Gasteiger partial charge is 0.465 e. The van der Waals surface area contributed by atoms with Gasteiger partial charge in [-0.3, -0.25) is 9.59 Å². The summed E-state index contributed by atoms with van der Waals surface area (Å²) in [6.45, 7) is 1.91. The fourth-order valence-electron chi connectivity index (χ4n) is 1.20. The molecule has 0 spiro atoms. The lowest BCUT2D eigenvalue weighted by Gasteiger charge is -2.05. The number of nitrogens with zero attached hydrogens (tertiary/aromatic N) is 1. The van der Waals surface area contributed by atoms with E-state index in [0.717, 1.165) is 4.47 Å². The summed E-state index contributed by atoms with van der Waals surface area (Å²) in [7, 11) is 1.75. The van der Waals surface area contributed by atoms with Crippen LogP contribution in [0.25, 0.3) is 0 Å². The zero-order chi connectivity index (χ0) is 12.1. The fraction of sp³-hybridized carbons (Fsp3) is 0.400. The first-order chi connectivity index (χ1) is 7.54. The third kappa shape index (κ3) is 3.37. The lowest BCUT2D eigenvalue weighted by atomic mass is 10.4. The fourth-order valence-corrected chi connectivity index (χ4v) is 1.73. The molecule has 1 rings (SSSR count). The monoisotopic (exact) mass is 288 g/mol. The quantitative estimate of drug-likeness (QED) is 0.844. The maximum Gasteiger partial charge on any atom is 0.325 e. The van der Waals surface area contributed by atoms with E-state index in [1.807, 2.05) is 0 Å². The molecule has 1 heterocycles. The predicted octanol–water partition coefficient (Wildman–Crippen LogP) is 1.08. The van der Waals surface area contributed by atoms with Crippen molar-refractivity contribution in [3.8, 4) is 0 Å². The molecule has 16 heavy (non-hydrogen) atoms. The lowest BCUT2D eigenvalue weighted by Crippen LogP contribution is -2.31. The Morgan fingerprint density at radius 3 is 2.75 bits per heavy atom. The second-order valence-corrected chi connectivity index (χ2v) is 4.06. The van der Waals surface area contributed by atoms with Gasteiger partial charge in [-0.05, 0) is 28.9 Å². The maximum atomic E-state index is 11.6. The van der Waals surface area contributed by atoms with Crippen molar-refractivity contribution in [3.05, 3.63) is 22.4 Å². The van der Waals surface area contributed by atoms with Crippen LogP contribution in [-0.4, -0.2) is 29.6 Å². The van der Waals surface area contributed by atoms with Crippen molar-refractivity contribution in [1.82, 2.24) is 9.88 Å². The maximum absolute atomic E-state index is 11.6. The first-order valence-corrected chi connectivity index (χ1v) is 5.59. The Hall–Kier alpha value is -1.30. The molecule has 0 atom stereocenters. The van der Waals surface area contributed by atoms with Crippen molar-refractivity contribution < 1.29 is 14.3 Å². The number of ether oxygens (including phenoxy) is 1. The highest BCUT2D eigenvalue weighted by Crippen LogP contribution is 2.13. The SMILES string of the molecule is CCOC(=O)CNC(=O)c1cc(Br)cn1C. The molecule has 0 unspecified atom stereocenters. The first-order valence-electron chi connectivity index (χ1n) is 4.80. The summed E-state index contributed by atoms with van der Waals surface area (Å²) in [4.78, 5) is 22.6. The molecule has 0 aliphatic rings. The van der Waals surface area contributed by atoms with E-state index in [0.29, 0.717) is 12.3 Å². The van der Waals surface area contributed by atoms with Gasteiger partial charge in [0.15, 0.2) is 0 Å². The van der Waals surface area contributed by atoms with Gasteiger partial charge in [-0.1, -0.05) is 0 Å². The van der Waals surface area contributed by atoms with Crippen molar-refractivity contribution in [3.63, 3.8) is 0 Å². The summed E-state index contributed by atoms with van der Waals surface area (Å²) < 4.78 is 7.18. The van der Waals surface area contributed by atoms with Crippen LogP contribution in [-0.2, 0) is 16.6 Å². The van der Waals surface area contributed by atoms with E-state index in [2.05, 4.69) is 21.2 Å². The van der Waals surface area contributed by atoms with E-state index in [-0.39, 0.29) is 12.5 Å². The molecule has 1 aromatic heterocycles. The van der Waals surface area contributed by atoms with Crippen molar-refractivity contribution in [2.24, 2.45) is 7.05 Å². The Balaban J connectivity index is 2.53. The van der Waals surface area contributed by atoms with Crippen LogP contribution in [0.3, 0.4) is 0 Å². The molecule has 1 N–H and O–H groups in total. The number of aryl methyl sites for hydroxylation is 1. The average molecular weight is 289 g/mol. The molecule has 0 aliphatic heterocycles. The lowest BCUT2D eigenvalue weighted by molar-refractivity contribution is -0.141. The molecule has 0 fully saturated rings. The third-order valence-corrected chi connectivity index (χ3v) is 2.34. The zero-order valence-corrected chi connectivity index (χ0v) is 10.7. The third-order valence-electron chi connectivity index (χ3n) is 1.90. The van der Waals surface area contributed by atoms with Crippen LogP contribution in [0.15, 0.2) is 16.7 Å². The first kappa shape index (κ1) is 12.8. The number of rotatable bonds is 4. The highest BCUT2D eigenvalue weighted by molar-refractivity contribution is 9.10. The Morgan fingerprint density at radius 2 is 2.25 bits per heavy atom. The van der Waals surface area contributed by atoms with E-state index in [1.165, 1.54) is 0 Å². The number of esters is 1. The van der Waals surface area contributed by atoms with E-state index in [4.69, 9.17) is 4.74 Å². The predicted molar refractivity (Wildman–Crippen MR) is 62.1 cm³/mol. The summed E-state index contributed by atoms with van der Waals surface area (Å²) in [6.07, 6.45) is 1.76. The van der Waals surface area contributed by atoms with E-state index in [9.17, 15) is 9.59 Å². The number of halogens is 1. The molecule has 0 saturated heterocycles. The normalized spacial score (nSPS) is 9.94. The molecular formula is C10H13BrN2O3. The van der Waals surface area contributed by atoms with Crippen molar-refractivity contribution >= 4 is 27.8 Å². The van der Waals surface area contributed by atoms with Crippen LogP contribution >= 0.6 is 15.9 Å². The van der Waals surface area contributed by atoms with Crippen LogP contribution in [0.1, 0.15) is 17.4 Å². The van der Waals surface area contributed by atoms with Gasteiger partial charge in [0.25, 0.3) is 5.91 Å². The molecule has 0 bridgehead atoms. The number of nitrogens with one attached hydrogen (secondary N) is 1. The van der Waals surface area contributed by atoms with Crippen LogP contribution in [0.5, 0.6) is 0 Å². The van der Waals surface area contributed by atoms with Gasteiger partial charge in [-0.25, -0.2) is 0 Å². The summed E-state index contributed by atoms with van der Waals surface area (Å²) >= 11 is 3.26. The number of hydrogen-bond acceptors (Lipinski definition) is 3. The van der Waals surface area contributed by atoms with Gasteiger partial charge in [0.05, 0.1) is 6.61 Å². The van der Waals surface area contributed by atoms with Gasteiger partial charge in [-0.2, -0.15) is 0 Å². The van der Waals surface area contributed by atoms with Crippen LogP contribution in [0.4, 0.5) is 0 Å². The minimum atomic E-state index is -0.441. The smallest absolute Gasteiger partial charge is 0.325 e. The Morgan fingerprint density at radius 1 is 1.56 bits per heavy atom. The van der Waals surface area contributed by atoms with Gasteiger partial charge in [0.2, 0.25) is 0 Å². The van der Waals surface area contributed by atoms with Gasteiger partial charge >= 0.3 is 5.97 Å². The topological polar surface area (TPSA) is 60.3 Å². The van der Waals surface area contributed by atoms with Crippen LogP contribution in [0.2, 0.25) is 0 Å². The molecule has 0 aliphatic carbocycles. The number of carbonyl (C=O) groups excluding carboxylic acids is 2. The highest BCUT2D eigenvalue weighted by atomic mass is 79.9. The summed E-state index contributed by atoms with van der Waals surface area (Å²) in [6, 6.07) is 1.68. The second kappa shape index (κ2) is 5.69. The molecular weight excluding hydrogens is 276 g/mol. The number of amides is 1. The van der Waals surface area contributed by atoms with Crippen LogP contribution in [0, 0.1) is 0 Å². The number of hydrogen-bond donors (Lipinski definition) is 1. The van der Waals surface area contributed by atoms with Crippen LogP contribution < -0.4 is 5.32 Å². The van der Waals surface area contributed by atoms with Gasteiger partial charge in [0.1, 0.15) is 12.2 Å². The molecule has 1 aromatic rings. The van der Waals surface area contributed by atoms with E-state index in [1.54, 1.807) is 30.8 Å². The Bertz CT molecular complexity index is 401. The average Bonchev–Trinajstić information content (AvgIpc) is 2.55. The van der Waals surface area contributed by atoms with Gasteiger partial charge < -0.3 is 14.6 Å². The molecule has 6 heteroatoms. The second-order valence-electron chi connectivity index (χ2n) is 3.14. The zero-order valence-electron chi connectivity index (χ0n) is 9.12. The van der Waals surface area contributed by atoms with Crippen molar-refractivity contribution in [1.29, 1.82) is 0 Å². The van der Waals surface area contributed by atoms with Crippen molar-refractivity contribution in [2.45, 2.75) is 6.92 Å². The molecule has 88 valence electrons. The molecule has 0 aromatic carbocycles. The standard InChI is InChI=1S/C10H13BrN2O3/c1-3-16-9(14)5-12-10(15)8-4-7(11)6-13(8)2/h4,6H,3,5H2,1-2H3,(H,12,15). The molecule has 5 nitrogen and oxygen atoms in total. The molecule has 0 radical (unpaired) electrons. The van der Waals surface area contributed by atoms with Crippen molar-refractivity contribution in [2.75, 3.05) is 13.2 Å². The highest BCUT2D eigenvalue weighted by Gasteiger charge is 2.12.